The lowest BCUT2D eigenvalue weighted by atomic mass is 10.0. The average Bonchev–Trinajstić information content (AvgIpc) is 2.41. The Morgan fingerprint density at radius 2 is 2.00 bits per heavy atom. The Morgan fingerprint density at radius 1 is 1.30 bits per heavy atom. The van der Waals surface area contributed by atoms with Gasteiger partial charge in [0.1, 0.15) is 0 Å². The first-order chi connectivity index (χ1) is 9.49. The van der Waals surface area contributed by atoms with E-state index in [0.717, 1.165) is 11.3 Å². The molecule has 0 unspecified atom stereocenters. The van der Waals surface area contributed by atoms with Crippen molar-refractivity contribution in [1.82, 2.24) is 4.98 Å². The molecular formula is C16H19N3O. The smallest absolute Gasteiger partial charge is 0.257 e. The zero-order chi connectivity index (χ0) is 14.7. The number of nitrogens with zero attached hydrogens (tertiary/aromatic N) is 1. The maximum Gasteiger partial charge on any atom is 0.257 e. The van der Waals surface area contributed by atoms with Gasteiger partial charge in [0.2, 0.25) is 0 Å². The van der Waals surface area contributed by atoms with Crippen LogP contribution in [0, 0.1) is 6.92 Å². The lowest BCUT2D eigenvalue weighted by Gasteiger charge is -2.14. The molecule has 2 aromatic rings. The quantitative estimate of drug-likeness (QED) is 0.897. The molecule has 0 saturated heterocycles. The summed E-state index contributed by atoms with van der Waals surface area (Å²) >= 11 is 0. The number of amides is 1. The van der Waals surface area contributed by atoms with E-state index in [0.29, 0.717) is 22.9 Å². The molecule has 0 aliphatic heterocycles. The Hall–Kier alpha value is -2.36. The second-order valence-electron chi connectivity index (χ2n) is 5.10. The lowest BCUT2D eigenvalue weighted by molar-refractivity contribution is 0.102. The summed E-state index contributed by atoms with van der Waals surface area (Å²) in [6.45, 7) is 5.99. The number of hydrogen-bond donors (Lipinski definition) is 2. The van der Waals surface area contributed by atoms with E-state index < -0.39 is 0 Å². The summed E-state index contributed by atoms with van der Waals surface area (Å²) in [6.07, 6.45) is 1.55. The van der Waals surface area contributed by atoms with Crippen molar-refractivity contribution in [3.8, 4) is 0 Å². The van der Waals surface area contributed by atoms with E-state index in [-0.39, 0.29) is 5.91 Å². The number of nitrogens with one attached hydrogen (secondary N) is 1. The molecule has 104 valence electrons. The summed E-state index contributed by atoms with van der Waals surface area (Å²) < 4.78 is 0. The van der Waals surface area contributed by atoms with E-state index in [1.54, 1.807) is 19.2 Å². The molecule has 0 fully saturated rings. The molecule has 0 saturated carbocycles. The van der Waals surface area contributed by atoms with Crippen LogP contribution in [0.5, 0.6) is 0 Å². The Labute approximate surface area is 119 Å². The minimum atomic E-state index is -0.185. The van der Waals surface area contributed by atoms with Gasteiger partial charge in [0, 0.05) is 5.69 Å². The number of pyridine rings is 1. The standard InChI is InChI=1S/C16H19N3O/c1-10(2)13-6-4-5-7-15(13)19-16(20)14-8-12(17)9-18-11(14)3/h4-10H,17H2,1-3H3,(H,19,20). The van der Waals surface area contributed by atoms with E-state index in [1.165, 1.54) is 0 Å². The van der Waals surface area contributed by atoms with Crippen molar-refractivity contribution in [2.75, 3.05) is 11.1 Å². The summed E-state index contributed by atoms with van der Waals surface area (Å²) in [5, 5.41) is 2.94. The number of carbonyl (C=O) groups is 1. The molecule has 1 aromatic carbocycles. The number of carbonyl (C=O) groups excluding carboxylic acids is 1. The maximum absolute atomic E-state index is 12.4. The number of benzene rings is 1. The summed E-state index contributed by atoms with van der Waals surface area (Å²) in [6, 6.07) is 9.45. The summed E-state index contributed by atoms with van der Waals surface area (Å²) in [7, 11) is 0. The van der Waals surface area contributed by atoms with Crippen LogP contribution < -0.4 is 11.1 Å². The molecule has 0 spiro atoms. The fourth-order valence-corrected chi connectivity index (χ4v) is 2.08. The number of nitrogen functional groups attached to an aromatic ring is 1. The number of hydrogen-bond acceptors (Lipinski definition) is 3. The van der Waals surface area contributed by atoms with E-state index in [1.807, 2.05) is 24.3 Å². The van der Waals surface area contributed by atoms with E-state index in [4.69, 9.17) is 5.73 Å². The Kier molecular flexibility index (Phi) is 4.03. The first-order valence-corrected chi connectivity index (χ1v) is 6.61. The number of nitrogens with two attached hydrogens (primary N) is 1. The molecule has 1 amide bonds. The third-order valence-electron chi connectivity index (χ3n) is 3.18. The van der Waals surface area contributed by atoms with Crippen LogP contribution in [0.2, 0.25) is 0 Å². The molecule has 4 heteroatoms. The first kappa shape index (κ1) is 14.1. The second kappa shape index (κ2) is 5.74. The minimum Gasteiger partial charge on any atom is -0.397 e. The first-order valence-electron chi connectivity index (χ1n) is 6.61. The van der Waals surface area contributed by atoms with Gasteiger partial charge >= 0.3 is 0 Å². The van der Waals surface area contributed by atoms with Gasteiger partial charge in [-0.05, 0) is 30.5 Å². The Morgan fingerprint density at radius 3 is 2.70 bits per heavy atom. The van der Waals surface area contributed by atoms with Gasteiger partial charge in [0.15, 0.2) is 0 Å². The molecule has 0 radical (unpaired) electrons. The topological polar surface area (TPSA) is 68.0 Å². The highest BCUT2D eigenvalue weighted by molar-refractivity contribution is 6.05. The molecule has 2 rings (SSSR count). The molecule has 0 bridgehead atoms. The minimum absolute atomic E-state index is 0.185. The highest BCUT2D eigenvalue weighted by Gasteiger charge is 2.13. The van der Waals surface area contributed by atoms with Crippen molar-refractivity contribution in [1.29, 1.82) is 0 Å². The van der Waals surface area contributed by atoms with Crippen molar-refractivity contribution < 1.29 is 4.79 Å². The van der Waals surface area contributed by atoms with Crippen molar-refractivity contribution in [3.05, 3.63) is 53.3 Å². The third kappa shape index (κ3) is 2.96. The number of para-hydroxylation sites is 1. The molecule has 1 heterocycles. The van der Waals surface area contributed by atoms with Gasteiger partial charge < -0.3 is 11.1 Å². The van der Waals surface area contributed by atoms with E-state index in [2.05, 4.69) is 24.1 Å². The van der Waals surface area contributed by atoms with E-state index >= 15 is 0 Å². The van der Waals surface area contributed by atoms with E-state index in [9.17, 15) is 4.79 Å². The Bertz CT molecular complexity index is 635. The third-order valence-corrected chi connectivity index (χ3v) is 3.18. The van der Waals surface area contributed by atoms with Gasteiger partial charge in [-0.1, -0.05) is 32.0 Å². The molecule has 0 aliphatic rings. The Balaban J connectivity index is 2.31. The van der Waals surface area contributed by atoms with Crippen molar-refractivity contribution in [2.45, 2.75) is 26.7 Å². The molecule has 20 heavy (non-hydrogen) atoms. The van der Waals surface area contributed by atoms with Gasteiger partial charge in [-0.15, -0.1) is 0 Å². The van der Waals surface area contributed by atoms with Crippen LogP contribution in [-0.4, -0.2) is 10.9 Å². The monoisotopic (exact) mass is 269 g/mol. The summed E-state index contributed by atoms with van der Waals surface area (Å²) in [4.78, 5) is 16.5. The fourth-order valence-electron chi connectivity index (χ4n) is 2.08. The average molecular weight is 269 g/mol. The van der Waals surface area contributed by atoms with Crippen LogP contribution in [0.4, 0.5) is 11.4 Å². The molecule has 0 aliphatic carbocycles. The molecule has 3 N–H and O–H groups in total. The van der Waals surface area contributed by atoms with Crippen LogP contribution >= 0.6 is 0 Å². The van der Waals surface area contributed by atoms with Gasteiger partial charge in [-0.25, -0.2) is 0 Å². The van der Waals surface area contributed by atoms with Crippen LogP contribution in [0.25, 0.3) is 0 Å². The largest absolute Gasteiger partial charge is 0.397 e. The highest BCUT2D eigenvalue weighted by Crippen LogP contribution is 2.24. The number of aryl methyl sites for hydroxylation is 1. The molecule has 4 nitrogen and oxygen atoms in total. The van der Waals surface area contributed by atoms with Gasteiger partial charge in [0.05, 0.1) is 23.1 Å². The van der Waals surface area contributed by atoms with Gasteiger partial charge in [-0.3, -0.25) is 9.78 Å². The summed E-state index contributed by atoms with van der Waals surface area (Å²) in [5.74, 6) is 0.155. The second-order valence-corrected chi connectivity index (χ2v) is 5.10. The highest BCUT2D eigenvalue weighted by atomic mass is 16.1. The normalized spacial score (nSPS) is 10.6. The SMILES string of the molecule is Cc1ncc(N)cc1C(=O)Nc1ccccc1C(C)C. The fraction of sp³-hybridized carbons (Fsp3) is 0.250. The van der Waals surface area contributed by atoms with Crippen LogP contribution in [0.3, 0.4) is 0 Å². The van der Waals surface area contributed by atoms with Gasteiger partial charge in [-0.2, -0.15) is 0 Å². The van der Waals surface area contributed by atoms with Crippen molar-refractivity contribution in [3.63, 3.8) is 0 Å². The van der Waals surface area contributed by atoms with Crippen LogP contribution in [-0.2, 0) is 0 Å². The predicted octanol–water partition coefficient (Wildman–Crippen LogP) is 3.35. The number of rotatable bonds is 3. The lowest BCUT2D eigenvalue weighted by Crippen LogP contribution is -2.16. The molecule has 0 atom stereocenters. The zero-order valence-corrected chi connectivity index (χ0v) is 12.0. The number of anilines is 2. The summed E-state index contributed by atoms with van der Waals surface area (Å²) in [5.41, 5.74) is 9.28. The van der Waals surface area contributed by atoms with Crippen LogP contribution in [0.1, 0.15) is 41.4 Å². The van der Waals surface area contributed by atoms with Gasteiger partial charge in [0.25, 0.3) is 5.91 Å². The van der Waals surface area contributed by atoms with Crippen molar-refractivity contribution in [2.24, 2.45) is 0 Å². The molecule has 1 aromatic heterocycles. The van der Waals surface area contributed by atoms with Crippen LogP contribution in [0.15, 0.2) is 36.5 Å². The zero-order valence-electron chi connectivity index (χ0n) is 12.0. The van der Waals surface area contributed by atoms with Crippen molar-refractivity contribution >= 4 is 17.3 Å². The maximum atomic E-state index is 12.4. The number of aromatic nitrogens is 1. The predicted molar refractivity (Wildman–Crippen MR) is 81.9 cm³/mol. The molecular weight excluding hydrogens is 250 g/mol.